The molecule has 0 heterocycles. The Balaban J connectivity index is 0.00000264. The van der Waals surface area contributed by atoms with Gasteiger partial charge in [-0.05, 0) is 35.4 Å². The Morgan fingerprint density at radius 2 is 0.958 bits per heavy atom. The summed E-state index contributed by atoms with van der Waals surface area (Å²) in [5, 5.41) is 0. The van der Waals surface area contributed by atoms with Gasteiger partial charge in [-0.1, -0.05) is 12.1 Å². The van der Waals surface area contributed by atoms with Gasteiger partial charge < -0.3 is 20.6 Å². The summed E-state index contributed by atoms with van der Waals surface area (Å²) in [6.07, 6.45) is 0. The minimum atomic E-state index is -4.79. The summed E-state index contributed by atoms with van der Waals surface area (Å²) >= 11 is 0. The third-order valence-corrected chi connectivity index (χ3v) is 4.68. The molecule has 2 aromatic rings. The minimum absolute atomic E-state index is 0. The van der Waals surface area contributed by atoms with Crippen LogP contribution in [-0.2, 0) is 20.2 Å². The Kier molecular flexibility index (Phi) is 9.81. The Morgan fingerprint density at radius 3 is 1.21 bits per heavy atom. The number of anilines is 2. The topological polar surface area (TPSA) is 166 Å². The van der Waals surface area contributed by atoms with E-state index in [1.165, 1.54) is 24.3 Å². The number of nitrogen functional groups attached to an aromatic ring is 2. The van der Waals surface area contributed by atoms with E-state index in [0.29, 0.717) is 0 Å². The summed E-state index contributed by atoms with van der Waals surface area (Å²) in [6, 6.07) is 7.17. The SMILES string of the molecule is Nc1ccc(-c2ccc(N)c(S(=O)(=O)[O-])c2)cc1S(=O)(=O)[O-].[K+].[K+]. The van der Waals surface area contributed by atoms with Crippen molar-refractivity contribution in [2.75, 3.05) is 11.5 Å². The maximum absolute atomic E-state index is 11.1. The molecule has 0 radical (unpaired) electrons. The van der Waals surface area contributed by atoms with Crippen molar-refractivity contribution < 1.29 is 129 Å². The van der Waals surface area contributed by atoms with Crippen molar-refractivity contribution in [3.63, 3.8) is 0 Å². The van der Waals surface area contributed by atoms with E-state index in [0.717, 1.165) is 12.1 Å². The second-order valence-corrected chi connectivity index (χ2v) is 7.11. The van der Waals surface area contributed by atoms with Crippen molar-refractivity contribution in [1.82, 2.24) is 0 Å². The molecule has 0 unspecified atom stereocenters. The van der Waals surface area contributed by atoms with Crippen LogP contribution in [0.2, 0.25) is 0 Å². The second-order valence-electron chi connectivity index (χ2n) is 4.41. The van der Waals surface area contributed by atoms with E-state index in [9.17, 15) is 25.9 Å². The summed E-state index contributed by atoms with van der Waals surface area (Å²) in [5.41, 5.74) is 10.8. The molecule has 24 heavy (non-hydrogen) atoms. The van der Waals surface area contributed by atoms with Gasteiger partial charge in [0.15, 0.2) is 0 Å². The van der Waals surface area contributed by atoms with Gasteiger partial charge in [0.2, 0.25) is 0 Å². The molecule has 0 fully saturated rings. The fraction of sp³-hybridized carbons (Fsp3) is 0. The quantitative estimate of drug-likeness (QED) is 0.281. The van der Waals surface area contributed by atoms with E-state index in [1.807, 2.05) is 0 Å². The molecule has 4 N–H and O–H groups in total. The van der Waals surface area contributed by atoms with Crippen LogP contribution in [0.1, 0.15) is 0 Å². The van der Waals surface area contributed by atoms with E-state index in [4.69, 9.17) is 11.5 Å². The number of hydrogen-bond acceptors (Lipinski definition) is 8. The second kappa shape index (κ2) is 9.37. The predicted molar refractivity (Wildman–Crippen MR) is 76.6 cm³/mol. The van der Waals surface area contributed by atoms with Crippen LogP contribution < -0.4 is 114 Å². The van der Waals surface area contributed by atoms with Crippen LogP contribution in [0.25, 0.3) is 11.1 Å². The molecule has 2 aromatic carbocycles. The molecule has 0 saturated carbocycles. The van der Waals surface area contributed by atoms with Crippen LogP contribution in [0, 0.1) is 0 Å². The summed E-state index contributed by atoms with van der Waals surface area (Å²) in [5.74, 6) is 0. The van der Waals surface area contributed by atoms with Gasteiger partial charge in [-0.25, -0.2) is 16.8 Å². The van der Waals surface area contributed by atoms with Gasteiger partial charge >= 0.3 is 103 Å². The molecule has 118 valence electrons. The first-order valence-electron chi connectivity index (χ1n) is 5.71. The number of nitrogens with two attached hydrogens (primary N) is 2. The number of hydrogen-bond donors (Lipinski definition) is 2. The molecule has 12 heteroatoms. The molecule has 0 saturated heterocycles. The van der Waals surface area contributed by atoms with Gasteiger partial charge in [0.25, 0.3) is 0 Å². The smallest absolute Gasteiger partial charge is 0.744 e. The molecule has 0 amide bonds. The third kappa shape index (κ3) is 6.09. The van der Waals surface area contributed by atoms with Crippen molar-refractivity contribution in [1.29, 1.82) is 0 Å². The van der Waals surface area contributed by atoms with Crippen molar-refractivity contribution in [2.24, 2.45) is 0 Å². The number of rotatable bonds is 3. The van der Waals surface area contributed by atoms with Gasteiger partial charge in [0.1, 0.15) is 20.2 Å². The van der Waals surface area contributed by atoms with Crippen LogP contribution in [-0.4, -0.2) is 25.9 Å². The number of benzene rings is 2. The average molecular weight is 421 g/mol. The zero-order valence-corrected chi connectivity index (χ0v) is 20.8. The fourth-order valence-electron chi connectivity index (χ4n) is 1.86. The zero-order chi connectivity index (χ0) is 16.7. The van der Waals surface area contributed by atoms with Gasteiger partial charge in [0.05, 0.1) is 9.79 Å². The van der Waals surface area contributed by atoms with Crippen molar-refractivity contribution in [2.45, 2.75) is 9.79 Å². The first-order valence-corrected chi connectivity index (χ1v) is 8.53. The standard InChI is InChI=1S/C12H12N2O6S2.2K/c13-9-3-1-7(5-11(9)21(15,16)17)8-2-4-10(14)12(6-8)22(18,19)20;;/h1-6H,13-14H2,(H,15,16,17)(H,18,19,20);;/q;2*+1/p-2. The van der Waals surface area contributed by atoms with Gasteiger partial charge in [-0.15, -0.1) is 0 Å². The maximum atomic E-state index is 11.1. The molecular formula is C12H10K2N2O6S2. The molecule has 2 rings (SSSR count). The summed E-state index contributed by atoms with van der Waals surface area (Å²) < 4.78 is 66.7. The first kappa shape index (κ1) is 25.1. The van der Waals surface area contributed by atoms with Crippen molar-refractivity contribution >= 4 is 31.6 Å². The normalized spacial score (nSPS) is 11.2. The van der Waals surface area contributed by atoms with Crippen LogP contribution in [0.15, 0.2) is 46.2 Å². The first-order chi connectivity index (χ1) is 10.00. The summed E-state index contributed by atoms with van der Waals surface area (Å²) in [7, 11) is -9.58. The molecular weight excluding hydrogens is 410 g/mol. The van der Waals surface area contributed by atoms with Crippen LogP contribution in [0.3, 0.4) is 0 Å². The Morgan fingerprint density at radius 1 is 0.667 bits per heavy atom. The monoisotopic (exact) mass is 420 g/mol. The molecule has 0 bridgehead atoms. The van der Waals surface area contributed by atoms with E-state index < -0.39 is 30.0 Å². The molecule has 0 aliphatic heterocycles. The molecule has 0 aliphatic carbocycles. The van der Waals surface area contributed by atoms with Crippen LogP contribution in [0.4, 0.5) is 11.4 Å². The predicted octanol–water partition coefficient (Wildman–Crippen LogP) is -5.67. The summed E-state index contributed by atoms with van der Waals surface area (Å²) in [4.78, 5) is -1.26. The molecule has 0 atom stereocenters. The van der Waals surface area contributed by atoms with E-state index >= 15 is 0 Å². The minimum Gasteiger partial charge on any atom is -0.744 e. The maximum Gasteiger partial charge on any atom is 1.00 e. The Labute approximate surface area is 224 Å². The third-order valence-electron chi connectivity index (χ3n) is 2.90. The van der Waals surface area contributed by atoms with E-state index in [-0.39, 0.29) is 125 Å². The molecule has 8 nitrogen and oxygen atoms in total. The fourth-order valence-corrected chi connectivity index (χ4v) is 3.12. The molecule has 0 aliphatic rings. The Bertz CT molecular complexity index is 882. The Hall–Kier alpha value is 1.13. The van der Waals surface area contributed by atoms with Crippen LogP contribution >= 0.6 is 0 Å². The largest absolute Gasteiger partial charge is 1.00 e. The van der Waals surface area contributed by atoms with E-state index in [1.54, 1.807) is 0 Å². The van der Waals surface area contributed by atoms with Gasteiger partial charge in [-0.2, -0.15) is 0 Å². The van der Waals surface area contributed by atoms with Crippen molar-refractivity contribution in [3.05, 3.63) is 36.4 Å². The zero-order valence-electron chi connectivity index (χ0n) is 12.9. The molecule has 0 aromatic heterocycles. The van der Waals surface area contributed by atoms with Gasteiger partial charge in [0, 0.05) is 11.4 Å². The van der Waals surface area contributed by atoms with Crippen molar-refractivity contribution in [3.8, 4) is 11.1 Å². The summed E-state index contributed by atoms with van der Waals surface area (Å²) in [6.45, 7) is 0. The van der Waals surface area contributed by atoms with Gasteiger partial charge in [-0.3, -0.25) is 0 Å². The average Bonchev–Trinajstić information content (AvgIpc) is 2.37. The van der Waals surface area contributed by atoms with E-state index in [2.05, 4.69) is 0 Å². The molecule has 0 spiro atoms. The van der Waals surface area contributed by atoms with Crippen LogP contribution in [0.5, 0.6) is 0 Å².